The van der Waals surface area contributed by atoms with Gasteiger partial charge in [-0.05, 0) is 56.4 Å². The van der Waals surface area contributed by atoms with E-state index in [-0.39, 0.29) is 35.8 Å². The van der Waals surface area contributed by atoms with Crippen molar-refractivity contribution in [3.8, 4) is 5.75 Å². The first kappa shape index (κ1) is 43.8. The fourth-order valence-electron chi connectivity index (χ4n) is 5.00. The van der Waals surface area contributed by atoms with Crippen LogP contribution in [-0.2, 0) is 46.3 Å². The van der Waals surface area contributed by atoms with Crippen molar-refractivity contribution in [1.82, 2.24) is 26.2 Å². The summed E-state index contributed by atoms with van der Waals surface area (Å²) in [5, 5.41) is 18.9. The van der Waals surface area contributed by atoms with Crippen LogP contribution in [0.5, 0.6) is 5.75 Å². The van der Waals surface area contributed by atoms with Crippen LogP contribution in [0.2, 0.25) is 0 Å². The number of alkyl halides is 3. The van der Waals surface area contributed by atoms with Gasteiger partial charge in [0.05, 0.1) is 20.2 Å². The van der Waals surface area contributed by atoms with E-state index < -0.39 is 85.2 Å². The van der Waals surface area contributed by atoms with Crippen molar-refractivity contribution in [2.24, 2.45) is 5.92 Å². The van der Waals surface area contributed by atoms with E-state index in [4.69, 9.17) is 9.47 Å². The standard InChI is InChI=1S/C36H48F3N5O9/c1-22(2)16-27(33(50)52-6)42-32(49)28(18-23-10-8-7-9-11-23)44(21-36(37,38)39)30(47)20-40-29(46)19-41-31(48)26(43-34(51)53-35(3,4)5)17-24-12-14-25(45)15-13-24/h7-15,22,26-28,45H,16-21H2,1-6H3,(H,40,46)(H,41,48)(H,42,49)(H,43,51)/t26-,27-,28-/m0/s1. The molecule has 3 atom stereocenters. The minimum atomic E-state index is -4.96. The van der Waals surface area contributed by atoms with Crippen LogP contribution >= 0.6 is 0 Å². The van der Waals surface area contributed by atoms with Crippen molar-refractivity contribution in [3.05, 3.63) is 65.7 Å². The number of rotatable bonds is 17. The molecule has 17 heteroatoms. The highest BCUT2D eigenvalue weighted by Crippen LogP contribution is 2.21. The second kappa shape index (κ2) is 20.0. The first-order chi connectivity index (χ1) is 24.7. The molecule has 0 fully saturated rings. The van der Waals surface area contributed by atoms with Gasteiger partial charge >= 0.3 is 18.2 Å². The van der Waals surface area contributed by atoms with Crippen LogP contribution in [-0.4, -0.2) is 102 Å². The number of phenols is 1. The Balaban J connectivity index is 2.23. The van der Waals surface area contributed by atoms with Crippen LogP contribution in [0.1, 0.15) is 52.2 Å². The third kappa shape index (κ3) is 16.7. The predicted octanol–water partition coefficient (Wildman–Crippen LogP) is 2.77. The summed E-state index contributed by atoms with van der Waals surface area (Å²) in [6.45, 7) is 4.80. The highest BCUT2D eigenvalue weighted by molar-refractivity contribution is 5.94. The molecule has 0 heterocycles. The summed E-state index contributed by atoms with van der Waals surface area (Å²) in [5.41, 5.74) is 0.0586. The van der Waals surface area contributed by atoms with Gasteiger partial charge in [0.1, 0.15) is 36.0 Å². The van der Waals surface area contributed by atoms with Crippen LogP contribution < -0.4 is 21.3 Å². The zero-order chi connectivity index (χ0) is 39.9. The average Bonchev–Trinajstić information content (AvgIpc) is 3.06. The van der Waals surface area contributed by atoms with Crippen LogP contribution in [0.3, 0.4) is 0 Å². The van der Waals surface area contributed by atoms with E-state index in [0.717, 1.165) is 7.11 Å². The molecule has 2 aromatic carbocycles. The van der Waals surface area contributed by atoms with Crippen molar-refractivity contribution >= 4 is 35.7 Å². The molecule has 0 aliphatic rings. The SMILES string of the molecule is COC(=O)[C@H](CC(C)C)NC(=O)[C@H](Cc1ccccc1)N(CC(F)(F)F)C(=O)CNC(=O)CNC(=O)[C@H](Cc1ccc(O)cc1)NC(=O)OC(C)(C)C. The number of phenolic OH excluding ortho intramolecular Hbond substituents is 1. The van der Waals surface area contributed by atoms with Gasteiger partial charge < -0.3 is 40.7 Å². The van der Waals surface area contributed by atoms with E-state index in [1.54, 1.807) is 65.0 Å². The summed E-state index contributed by atoms with van der Waals surface area (Å²) < 4.78 is 51.7. The zero-order valence-electron chi connectivity index (χ0n) is 30.5. The molecule has 0 aliphatic heterocycles. The first-order valence-electron chi connectivity index (χ1n) is 16.8. The Morgan fingerprint density at radius 3 is 1.94 bits per heavy atom. The molecule has 5 amide bonds. The van der Waals surface area contributed by atoms with E-state index in [1.165, 1.54) is 24.3 Å². The molecular weight excluding hydrogens is 703 g/mol. The van der Waals surface area contributed by atoms with E-state index in [9.17, 15) is 47.0 Å². The monoisotopic (exact) mass is 751 g/mol. The van der Waals surface area contributed by atoms with Crippen molar-refractivity contribution in [1.29, 1.82) is 0 Å². The summed E-state index contributed by atoms with van der Waals surface area (Å²) in [7, 11) is 1.10. The third-order valence-corrected chi connectivity index (χ3v) is 7.37. The van der Waals surface area contributed by atoms with Gasteiger partial charge in [-0.2, -0.15) is 13.2 Å². The number of nitrogens with zero attached hydrogens (tertiary/aromatic N) is 1. The van der Waals surface area contributed by atoms with Gasteiger partial charge in [0.15, 0.2) is 0 Å². The van der Waals surface area contributed by atoms with E-state index in [1.807, 2.05) is 0 Å². The number of carbonyl (C=O) groups excluding carboxylic acids is 6. The van der Waals surface area contributed by atoms with Gasteiger partial charge in [0.2, 0.25) is 23.6 Å². The molecule has 0 aliphatic carbocycles. The predicted molar refractivity (Wildman–Crippen MR) is 186 cm³/mol. The van der Waals surface area contributed by atoms with E-state index >= 15 is 0 Å². The van der Waals surface area contributed by atoms with Crippen LogP contribution in [0.4, 0.5) is 18.0 Å². The zero-order valence-corrected chi connectivity index (χ0v) is 30.5. The molecule has 2 aromatic rings. The number of halogens is 3. The van der Waals surface area contributed by atoms with Gasteiger partial charge in [-0.3, -0.25) is 19.2 Å². The molecular formula is C36H48F3N5O9. The maximum atomic E-state index is 13.9. The van der Waals surface area contributed by atoms with E-state index in [0.29, 0.717) is 11.1 Å². The van der Waals surface area contributed by atoms with Crippen LogP contribution in [0.25, 0.3) is 0 Å². The smallest absolute Gasteiger partial charge is 0.408 e. The summed E-state index contributed by atoms with van der Waals surface area (Å²) in [6, 6.07) is 9.53. The summed E-state index contributed by atoms with van der Waals surface area (Å²) in [6.07, 6.45) is -6.21. The van der Waals surface area contributed by atoms with Gasteiger partial charge in [-0.1, -0.05) is 56.3 Å². The fourth-order valence-corrected chi connectivity index (χ4v) is 5.00. The highest BCUT2D eigenvalue weighted by atomic mass is 19.4. The first-order valence-corrected chi connectivity index (χ1v) is 16.8. The lowest BCUT2D eigenvalue weighted by Crippen LogP contribution is -2.58. The largest absolute Gasteiger partial charge is 0.508 e. The number of hydrogen-bond acceptors (Lipinski definition) is 9. The number of aromatic hydroxyl groups is 1. The number of esters is 1. The number of amides is 5. The second-order valence-electron chi connectivity index (χ2n) is 13.6. The Morgan fingerprint density at radius 1 is 0.792 bits per heavy atom. The summed E-state index contributed by atoms with van der Waals surface area (Å²) in [4.78, 5) is 78.0. The molecule has 0 saturated carbocycles. The molecule has 5 N–H and O–H groups in total. The number of ether oxygens (including phenoxy) is 2. The van der Waals surface area contributed by atoms with E-state index in [2.05, 4.69) is 21.3 Å². The lowest BCUT2D eigenvalue weighted by Gasteiger charge is -2.33. The number of methoxy groups -OCH3 is 1. The van der Waals surface area contributed by atoms with Crippen LogP contribution in [0.15, 0.2) is 54.6 Å². The van der Waals surface area contributed by atoms with Crippen molar-refractivity contribution < 1.29 is 56.5 Å². The summed E-state index contributed by atoms with van der Waals surface area (Å²) in [5.74, 6) is -5.08. The Bertz CT molecular complexity index is 1550. The minimum Gasteiger partial charge on any atom is -0.508 e. The Morgan fingerprint density at radius 2 is 1.40 bits per heavy atom. The lowest BCUT2D eigenvalue weighted by atomic mass is 10.0. The van der Waals surface area contributed by atoms with Gasteiger partial charge in [0.25, 0.3) is 0 Å². The van der Waals surface area contributed by atoms with Crippen molar-refractivity contribution in [3.63, 3.8) is 0 Å². The Hall–Kier alpha value is -5.35. The molecule has 0 saturated heterocycles. The number of alkyl carbamates (subject to hydrolysis) is 1. The third-order valence-electron chi connectivity index (χ3n) is 7.37. The molecule has 0 unspecified atom stereocenters. The average molecular weight is 752 g/mol. The van der Waals surface area contributed by atoms with Crippen molar-refractivity contribution in [2.45, 2.75) is 83.8 Å². The maximum Gasteiger partial charge on any atom is 0.408 e. The van der Waals surface area contributed by atoms with Crippen molar-refractivity contribution in [2.75, 3.05) is 26.7 Å². The number of nitrogens with one attached hydrogen (secondary N) is 4. The fraction of sp³-hybridized carbons (Fsp3) is 0.500. The molecule has 2 rings (SSSR count). The Labute approximate surface area is 306 Å². The maximum absolute atomic E-state index is 13.9. The van der Waals surface area contributed by atoms with Gasteiger partial charge in [-0.25, -0.2) is 9.59 Å². The lowest BCUT2D eigenvalue weighted by molar-refractivity contribution is -0.168. The van der Waals surface area contributed by atoms with Gasteiger partial charge in [-0.15, -0.1) is 0 Å². The molecule has 0 radical (unpaired) electrons. The highest BCUT2D eigenvalue weighted by Gasteiger charge is 2.40. The molecule has 0 bridgehead atoms. The molecule has 0 spiro atoms. The minimum absolute atomic E-state index is 0.0293. The summed E-state index contributed by atoms with van der Waals surface area (Å²) >= 11 is 0. The number of carbonyl (C=O) groups is 6. The molecule has 292 valence electrons. The molecule has 14 nitrogen and oxygen atoms in total. The topological polar surface area (TPSA) is 192 Å². The normalized spacial score (nSPS) is 13.2. The molecule has 53 heavy (non-hydrogen) atoms. The molecule has 0 aromatic heterocycles. The van der Waals surface area contributed by atoms with Gasteiger partial charge in [0, 0.05) is 12.8 Å². The van der Waals surface area contributed by atoms with Crippen LogP contribution in [0, 0.1) is 5.92 Å². The quantitative estimate of drug-likeness (QED) is 0.151. The Kier molecular flexibility index (Phi) is 16.6. The number of benzene rings is 2. The second-order valence-corrected chi connectivity index (χ2v) is 13.6. The number of hydrogen-bond donors (Lipinski definition) is 5.